The molecule has 2 N–H and O–H groups in total. The van der Waals surface area contributed by atoms with E-state index < -0.39 is 0 Å². The van der Waals surface area contributed by atoms with Crippen molar-refractivity contribution in [2.45, 2.75) is 57.8 Å². The van der Waals surface area contributed by atoms with Crippen LogP contribution in [-0.4, -0.2) is 61.0 Å². The summed E-state index contributed by atoms with van der Waals surface area (Å²) in [4.78, 5) is 14.7. The fraction of sp³-hybridized carbons (Fsp3) is 0.621. The van der Waals surface area contributed by atoms with Gasteiger partial charge in [0, 0.05) is 62.4 Å². The number of thiocarbonyl (C=S) groups is 1. The van der Waals surface area contributed by atoms with Crippen LogP contribution in [0.25, 0.3) is 0 Å². The molecular weight excluding hydrogens is 516 g/mol. The molecule has 0 saturated carbocycles. The van der Waals surface area contributed by atoms with Gasteiger partial charge in [-0.1, -0.05) is 37.6 Å². The minimum Gasteiger partial charge on any atom is -0.381 e. The number of anilines is 3. The minimum atomic E-state index is -0.0861. The molecule has 0 amide bonds. The molecule has 1 aromatic heterocycles. The zero-order chi connectivity index (χ0) is 26.5. The highest BCUT2D eigenvalue weighted by molar-refractivity contribution is 7.80. The van der Waals surface area contributed by atoms with Gasteiger partial charge in [0.15, 0.2) is 5.11 Å². The second-order valence-corrected chi connectivity index (χ2v) is 12.3. The van der Waals surface area contributed by atoms with Gasteiger partial charge >= 0.3 is 0 Å². The Morgan fingerprint density at radius 2 is 1.76 bits per heavy atom. The molecule has 0 bridgehead atoms. The Kier molecular flexibility index (Phi) is 8.91. The molecule has 5 rings (SSSR count). The lowest BCUT2D eigenvalue weighted by Crippen LogP contribution is -2.45. The van der Waals surface area contributed by atoms with E-state index in [4.69, 9.17) is 38.5 Å². The summed E-state index contributed by atoms with van der Waals surface area (Å²) in [6.07, 6.45) is 6.69. The van der Waals surface area contributed by atoms with Crippen LogP contribution in [0, 0.1) is 11.8 Å². The van der Waals surface area contributed by atoms with Crippen molar-refractivity contribution >= 4 is 46.5 Å². The van der Waals surface area contributed by atoms with Gasteiger partial charge in [0.1, 0.15) is 11.6 Å². The summed E-state index contributed by atoms with van der Waals surface area (Å²) in [7, 11) is 0. The zero-order valence-electron chi connectivity index (χ0n) is 22.7. The van der Waals surface area contributed by atoms with Gasteiger partial charge in [-0.15, -0.1) is 0 Å². The molecule has 3 saturated heterocycles. The van der Waals surface area contributed by atoms with E-state index in [1.54, 1.807) is 0 Å². The highest BCUT2D eigenvalue weighted by Gasteiger charge is 2.35. The SMILES string of the molecule is CC1CCN(c2cc(N3CCC[C@@H](C)C3)nc(NC(=S)NCC3(c4cccc(Cl)c4)CCOCC3)n2)CC1. The second kappa shape index (κ2) is 12.3. The van der Waals surface area contributed by atoms with Gasteiger partial charge in [0.05, 0.1) is 0 Å². The number of ether oxygens (including phenoxy) is 1. The van der Waals surface area contributed by atoms with Crippen molar-refractivity contribution in [1.29, 1.82) is 0 Å². The van der Waals surface area contributed by atoms with E-state index in [1.165, 1.54) is 31.2 Å². The summed E-state index contributed by atoms with van der Waals surface area (Å²) in [5.74, 6) is 3.98. The lowest BCUT2D eigenvalue weighted by Gasteiger charge is -2.38. The fourth-order valence-corrected chi connectivity index (χ4v) is 6.33. The van der Waals surface area contributed by atoms with Crippen molar-refractivity contribution in [2.24, 2.45) is 11.8 Å². The zero-order valence-corrected chi connectivity index (χ0v) is 24.3. The highest BCUT2D eigenvalue weighted by atomic mass is 35.5. The first-order chi connectivity index (χ1) is 18.4. The summed E-state index contributed by atoms with van der Waals surface area (Å²) >= 11 is 12.1. The number of halogens is 1. The third-order valence-corrected chi connectivity index (χ3v) is 8.97. The van der Waals surface area contributed by atoms with Crippen LogP contribution in [0.1, 0.15) is 57.9 Å². The molecule has 0 aliphatic carbocycles. The number of nitrogens with one attached hydrogen (secondary N) is 2. The van der Waals surface area contributed by atoms with E-state index >= 15 is 0 Å². The minimum absolute atomic E-state index is 0.0861. The van der Waals surface area contributed by atoms with Crippen LogP contribution in [-0.2, 0) is 10.2 Å². The van der Waals surface area contributed by atoms with E-state index in [0.717, 1.165) is 74.8 Å². The summed E-state index contributed by atoms with van der Waals surface area (Å²) in [5.41, 5.74) is 1.14. The average molecular weight is 557 g/mol. The second-order valence-electron chi connectivity index (χ2n) is 11.5. The Hall–Kier alpha value is -2.16. The Balaban J connectivity index is 1.32. The highest BCUT2D eigenvalue weighted by Crippen LogP contribution is 2.35. The number of aromatic nitrogens is 2. The Morgan fingerprint density at radius 3 is 2.47 bits per heavy atom. The number of hydrogen-bond donors (Lipinski definition) is 2. The smallest absolute Gasteiger partial charge is 0.232 e. The van der Waals surface area contributed by atoms with Crippen molar-refractivity contribution in [2.75, 3.05) is 61.1 Å². The van der Waals surface area contributed by atoms with Crippen LogP contribution >= 0.6 is 23.8 Å². The Bertz CT molecular complexity index is 1100. The third-order valence-electron chi connectivity index (χ3n) is 8.49. The van der Waals surface area contributed by atoms with E-state index in [9.17, 15) is 0 Å². The largest absolute Gasteiger partial charge is 0.381 e. The standard InChI is InChI=1S/C29H41ClN6OS/c1-21-8-13-35(14-9-21)25-18-26(36-12-4-5-22(2)19-36)33-27(32-25)34-28(38)31-20-29(10-15-37-16-11-29)23-6-3-7-24(30)17-23/h3,6-7,17-18,21-22H,4-5,8-16,19-20H2,1-2H3,(H2,31,32,33,34,38)/t22-/m1/s1. The molecule has 0 radical (unpaired) electrons. The maximum Gasteiger partial charge on any atom is 0.232 e. The molecule has 4 heterocycles. The molecule has 3 aliphatic rings. The van der Waals surface area contributed by atoms with Crippen LogP contribution in [0.2, 0.25) is 5.02 Å². The van der Waals surface area contributed by atoms with Crippen molar-refractivity contribution < 1.29 is 4.74 Å². The van der Waals surface area contributed by atoms with E-state index in [1.807, 2.05) is 12.1 Å². The monoisotopic (exact) mass is 556 g/mol. The van der Waals surface area contributed by atoms with Gasteiger partial charge in [-0.05, 0) is 80.3 Å². The first kappa shape index (κ1) is 27.4. The van der Waals surface area contributed by atoms with Crippen molar-refractivity contribution in [3.8, 4) is 0 Å². The molecular formula is C29H41ClN6OS. The molecule has 3 fully saturated rings. The number of rotatable bonds is 6. The summed E-state index contributed by atoms with van der Waals surface area (Å²) in [5, 5.41) is 8.11. The summed E-state index contributed by atoms with van der Waals surface area (Å²) < 4.78 is 5.70. The molecule has 2 aromatic rings. The maximum atomic E-state index is 6.36. The molecule has 0 unspecified atom stereocenters. The quantitative estimate of drug-likeness (QED) is 0.443. The van der Waals surface area contributed by atoms with Gasteiger partial charge in [-0.2, -0.15) is 9.97 Å². The van der Waals surface area contributed by atoms with Crippen LogP contribution in [0.15, 0.2) is 30.3 Å². The number of nitrogens with zero attached hydrogens (tertiary/aromatic N) is 4. The van der Waals surface area contributed by atoms with Crippen molar-refractivity contribution in [1.82, 2.24) is 15.3 Å². The van der Waals surface area contributed by atoms with E-state index in [2.05, 4.69) is 52.5 Å². The Morgan fingerprint density at radius 1 is 1.03 bits per heavy atom. The van der Waals surface area contributed by atoms with Crippen LogP contribution in [0.5, 0.6) is 0 Å². The molecule has 1 aromatic carbocycles. The van der Waals surface area contributed by atoms with Gasteiger partial charge in [0.25, 0.3) is 0 Å². The fourth-order valence-electron chi connectivity index (χ4n) is 5.98. The molecule has 38 heavy (non-hydrogen) atoms. The van der Waals surface area contributed by atoms with Crippen LogP contribution in [0.3, 0.4) is 0 Å². The van der Waals surface area contributed by atoms with Crippen molar-refractivity contribution in [3.05, 3.63) is 40.9 Å². The lowest BCUT2D eigenvalue weighted by atomic mass is 9.74. The summed E-state index contributed by atoms with van der Waals surface area (Å²) in [6, 6.07) is 10.4. The van der Waals surface area contributed by atoms with Gasteiger partial charge in [-0.3, -0.25) is 0 Å². The molecule has 9 heteroatoms. The van der Waals surface area contributed by atoms with Crippen molar-refractivity contribution in [3.63, 3.8) is 0 Å². The van der Waals surface area contributed by atoms with Gasteiger partial charge < -0.3 is 25.2 Å². The van der Waals surface area contributed by atoms with E-state index in [-0.39, 0.29) is 5.41 Å². The van der Waals surface area contributed by atoms with Gasteiger partial charge in [0.2, 0.25) is 5.95 Å². The molecule has 0 spiro atoms. The number of benzene rings is 1. The predicted octanol–water partition coefficient (Wildman–Crippen LogP) is 5.64. The normalized spacial score (nSPS) is 22.2. The first-order valence-electron chi connectivity index (χ1n) is 14.2. The molecule has 3 aliphatic heterocycles. The molecule has 7 nitrogen and oxygen atoms in total. The predicted molar refractivity (Wildman–Crippen MR) is 161 cm³/mol. The average Bonchev–Trinajstić information content (AvgIpc) is 2.93. The van der Waals surface area contributed by atoms with E-state index in [0.29, 0.717) is 23.5 Å². The number of hydrogen-bond acceptors (Lipinski definition) is 6. The summed E-state index contributed by atoms with van der Waals surface area (Å²) in [6.45, 7) is 10.9. The van der Waals surface area contributed by atoms with Crippen LogP contribution < -0.4 is 20.4 Å². The molecule has 1 atom stereocenters. The first-order valence-corrected chi connectivity index (χ1v) is 15.0. The maximum absolute atomic E-state index is 6.36. The lowest BCUT2D eigenvalue weighted by molar-refractivity contribution is 0.0515. The topological polar surface area (TPSA) is 65.5 Å². The van der Waals surface area contributed by atoms with Crippen LogP contribution in [0.4, 0.5) is 17.6 Å². The molecule has 206 valence electrons. The van der Waals surface area contributed by atoms with Gasteiger partial charge in [-0.25, -0.2) is 0 Å². The third kappa shape index (κ3) is 6.69. The number of piperidine rings is 2. The Labute approximate surface area is 237 Å².